The Bertz CT molecular complexity index is 1980. The summed E-state index contributed by atoms with van der Waals surface area (Å²) in [5.41, 5.74) is 0.454. The second kappa shape index (κ2) is 16.2. The average molecular weight is 747 g/mol. The number of anilines is 1. The Labute approximate surface area is 303 Å². The van der Waals surface area contributed by atoms with Crippen LogP contribution in [0.2, 0.25) is 0 Å². The number of halogens is 4. The lowest BCUT2D eigenvalue weighted by Gasteiger charge is -2.29. The molecule has 8 nitrogen and oxygen atoms in total. The third-order valence-electron chi connectivity index (χ3n) is 9.30. The number of ether oxygens (including phenoxy) is 1. The molecule has 1 unspecified atom stereocenters. The van der Waals surface area contributed by atoms with Crippen molar-refractivity contribution in [1.29, 1.82) is 0 Å². The van der Waals surface area contributed by atoms with Crippen molar-refractivity contribution in [3.63, 3.8) is 0 Å². The van der Waals surface area contributed by atoms with Crippen LogP contribution in [0, 0.1) is 28.7 Å². The molecule has 0 amide bonds. The van der Waals surface area contributed by atoms with Gasteiger partial charge in [-0.05, 0) is 56.4 Å². The van der Waals surface area contributed by atoms with Gasteiger partial charge in [-0.25, -0.2) is 21.6 Å². The number of unbranched alkanes of at least 4 members (excludes halogenated alkanes) is 3. The van der Waals surface area contributed by atoms with E-state index in [0.717, 1.165) is 22.6 Å². The van der Waals surface area contributed by atoms with E-state index in [4.69, 9.17) is 9.84 Å². The van der Waals surface area contributed by atoms with Gasteiger partial charge in [-0.15, -0.1) is 0 Å². The molecule has 1 atom stereocenters. The molecule has 0 spiro atoms. The zero-order chi connectivity index (χ0) is 38.6. The molecule has 0 radical (unpaired) electrons. The molecule has 1 N–H and O–H groups in total. The molecule has 2 aliphatic rings. The van der Waals surface area contributed by atoms with Crippen LogP contribution in [0.3, 0.4) is 0 Å². The maximum Gasteiger partial charge on any atom is 0.303 e. The van der Waals surface area contributed by atoms with Crippen LogP contribution >= 0.6 is 0 Å². The van der Waals surface area contributed by atoms with Gasteiger partial charge in [0.2, 0.25) is 11.6 Å². The van der Waals surface area contributed by atoms with Gasteiger partial charge in [0.1, 0.15) is 18.1 Å². The second-order valence-corrected chi connectivity index (χ2v) is 16.1. The van der Waals surface area contributed by atoms with Gasteiger partial charge in [0.25, 0.3) is 5.69 Å². The summed E-state index contributed by atoms with van der Waals surface area (Å²) < 4.78 is 102. The van der Waals surface area contributed by atoms with E-state index in [2.05, 4.69) is 0 Å². The molecule has 2 aliphatic heterocycles. The van der Waals surface area contributed by atoms with Gasteiger partial charge < -0.3 is 19.3 Å². The number of rotatable bonds is 15. The predicted molar refractivity (Wildman–Crippen MR) is 193 cm³/mol. The summed E-state index contributed by atoms with van der Waals surface area (Å²) in [4.78, 5) is 13.0. The predicted octanol–water partition coefficient (Wildman–Crippen LogP) is 8.54. The lowest BCUT2D eigenvalue weighted by molar-refractivity contribution is -0.441. The van der Waals surface area contributed by atoms with Gasteiger partial charge in [-0.2, -0.15) is 8.97 Å². The van der Waals surface area contributed by atoms with Crippen molar-refractivity contribution >= 4 is 38.7 Å². The molecule has 0 bridgehead atoms. The first-order chi connectivity index (χ1) is 24.3. The Balaban J connectivity index is 1.77. The number of allylic oxidation sites excluding steroid dienone is 8. The first kappa shape index (κ1) is 40.5. The highest BCUT2D eigenvalue weighted by Crippen LogP contribution is 2.48. The van der Waals surface area contributed by atoms with E-state index < -0.39 is 61.8 Å². The van der Waals surface area contributed by atoms with E-state index in [1.165, 1.54) is 4.58 Å². The SMILES string of the molecule is CN(C)c1ccc2c(c1)OC(C(C)(C)C)=C\C2=C/C=C/C=C/C1=[N+](CCCCCC(=O)O)c2c(F)c(F)c(F)c(F)c2C1(C)CCCCS(=O)(=O)[O-]. The molecule has 13 heteroatoms. The topological polar surface area (TPSA) is 110 Å². The fourth-order valence-electron chi connectivity index (χ4n) is 6.52. The minimum Gasteiger partial charge on any atom is -0.748 e. The first-order valence-corrected chi connectivity index (χ1v) is 18.8. The van der Waals surface area contributed by atoms with Crippen molar-refractivity contribution in [2.75, 3.05) is 31.3 Å². The molecule has 282 valence electrons. The van der Waals surface area contributed by atoms with Gasteiger partial charge >= 0.3 is 5.97 Å². The number of aliphatic carboxylic acids is 1. The fourth-order valence-corrected chi connectivity index (χ4v) is 7.08. The molecule has 2 aromatic carbocycles. The molecule has 52 heavy (non-hydrogen) atoms. The normalized spacial score (nSPS) is 18.3. The van der Waals surface area contributed by atoms with Crippen LogP contribution < -0.4 is 9.64 Å². The second-order valence-electron chi connectivity index (χ2n) is 14.6. The van der Waals surface area contributed by atoms with Crippen LogP contribution in [-0.4, -0.2) is 60.7 Å². The summed E-state index contributed by atoms with van der Waals surface area (Å²) in [7, 11) is -0.656. The number of nitrogens with zero attached hydrogens (tertiary/aromatic N) is 2. The Hall–Kier alpha value is -4.23. The third kappa shape index (κ3) is 9.22. The molecular weight excluding hydrogens is 700 g/mol. The van der Waals surface area contributed by atoms with E-state index in [1.807, 2.05) is 70.1 Å². The van der Waals surface area contributed by atoms with Gasteiger partial charge in [0.05, 0.1) is 21.1 Å². The fraction of sp³-hybridized carbons (Fsp3) is 0.436. The van der Waals surface area contributed by atoms with Gasteiger partial charge in [0, 0.05) is 61.5 Å². The number of carboxylic acids is 1. The first-order valence-electron chi connectivity index (χ1n) is 17.2. The van der Waals surface area contributed by atoms with E-state index in [-0.39, 0.29) is 37.6 Å². The molecule has 2 aromatic rings. The Morgan fingerprint density at radius 2 is 1.67 bits per heavy atom. The van der Waals surface area contributed by atoms with Gasteiger partial charge in [0.15, 0.2) is 17.3 Å². The summed E-state index contributed by atoms with van der Waals surface area (Å²) in [6.45, 7) is 7.73. The average Bonchev–Trinajstić information content (AvgIpc) is 3.30. The number of hydrogen-bond acceptors (Lipinski definition) is 6. The van der Waals surface area contributed by atoms with E-state index >= 15 is 8.78 Å². The van der Waals surface area contributed by atoms with Crippen molar-refractivity contribution < 1.29 is 49.7 Å². The van der Waals surface area contributed by atoms with Crippen LogP contribution in [0.15, 0.2) is 60.4 Å². The van der Waals surface area contributed by atoms with Crippen LogP contribution in [0.25, 0.3) is 5.57 Å². The van der Waals surface area contributed by atoms with Crippen molar-refractivity contribution in [3.8, 4) is 5.75 Å². The van der Waals surface area contributed by atoms with Gasteiger partial charge in [-0.3, -0.25) is 4.79 Å². The molecular formula is C39H46F4N2O6S. The smallest absolute Gasteiger partial charge is 0.303 e. The highest BCUT2D eigenvalue weighted by atomic mass is 32.2. The maximum atomic E-state index is 15.7. The lowest BCUT2D eigenvalue weighted by Crippen LogP contribution is -2.32. The molecule has 0 aliphatic carbocycles. The minimum atomic E-state index is -4.54. The number of carboxylic acid groups (broad SMARTS) is 1. The zero-order valence-electron chi connectivity index (χ0n) is 30.4. The van der Waals surface area contributed by atoms with Gasteiger partial charge in [-0.1, -0.05) is 51.5 Å². The van der Waals surface area contributed by atoms with Crippen molar-refractivity contribution in [2.24, 2.45) is 5.41 Å². The zero-order valence-corrected chi connectivity index (χ0v) is 31.2. The summed E-state index contributed by atoms with van der Waals surface area (Å²) in [5.74, 6) is -7.20. The van der Waals surface area contributed by atoms with Crippen LogP contribution in [0.4, 0.5) is 28.9 Å². The standard InChI is InChI=1S/C39H46F4N2O6S/c1-38(2,3)30-23-25(27-19-18-26(44(5)6)24-28(27)51-30)15-9-7-10-16-29-39(4,20-12-14-22-52(48,49)50)32-33(40)34(41)35(42)36(43)37(32)45(29)21-13-8-11-17-31(46)47/h7,9-10,15-16,18-19,23-24H,8,11-14,17,20-22H2,1-6H3,(H-,46,47,48,49,50). The number of fused-ring (bicyclic) bond motifs is 2. The maximum absolute atomic E-state index is 15.7. The summed E-state index contributed by atoms with van der Waals surface area (Å²) in [6, 6.07) is 5.92. The highest BCUT2D eigenvalue weighted by molar-refractivity contribution is 7.85. The van der Waals surface area contributed by atoms with E-state index in [0.29, 0.717) is 30.7 Å². The van der Waals surface area contributed by atoms with Crippen LogP contribution in [-0.2, 0) is 20.3 Å². The monoisotopic (exact) mass is 746 g/mol. The molecule has 0 saturated heterocycles. The van der Waals surface area contributed by atoms with Crippen LogP contribution in [0.5, 0.6) is 5.75 Å². The summed E-state index contributed by atoms with van der Waals surface area (Å²) in [6.07, 6.45) is 11.6. The molecule has 0 fully saturated rings. The number of benzene rings is 2. The molecule has 0 aromatic heterocycles. The van der Waals surface area contributed by atoms with E-state index in [1.54, 1.807) is 31.2 Å². The quantitative estimate of drug-likeness (QED) is 0.0370. The summed E-state index contributed by atoms with van der Waals surface area (Å²) in [5, 5.41) is 9.02. The summed E-state index contributed by atoms with van der Waals surface area (Å²) >= 11 is 0. The molecule has 2 heterocycles. The van der Waals surface area contributed by atoms with Crippen molar-refractivity contribution in [1.82, 2.24) is 0 Å². The highest BCUT2D eigenvalue weighted by Gasteiger charge is 2.53. The number of hydrogen-bond donors (Lipinski definition) is 1. The molecule has 4 rings (SSSR count). The Kier molecular flexibility index (Phi) is 12.6. The molecule has 0 saturated carbocycles. The largest absolute Gasteiger partial charge is 0.748 e. The van der Waals surface area contributed by atoms with E-state index in [9.17, 15) is 26.5 Å². The van der Waals surface area contributed by atoms with Crippen LogP contribution in [0.1, 0.15) is 83.8 Å². The van der Waals surface area contributed by atoms with Crippen molar-refractivity contribution in [2.45, 2.75) is 78.1 Å². The van der Waals surface area contributed by atoms with Crippen molar-refractivity contribution in [3.05, 3.63) is 94.8 Å². The number of carbonyl (C=O) groups is 1. The minimum absolute atomic E-state index is 0.00794. The Morgan fingerprint density at radius 3 is 2.31 bits per heavy atom. The Morgan fingerprint density at radius 1 is 0.981 bits per heavy atom. The third-order valence-corrected chi connectivity index (χ3v) is 10.1. The lowest BCUT2D eigenvalue weighted by atomic mass is 9.75.